The molecule has 0 heterocycles. The van der Waals surface area contributed by atoms with Gasteiger partial charge in [0.2, 0.25) is 0 Å². The Labute approximate surface area is 103 Å². The van der Waals surface area contributed by atoms with Gasteiger partial charge in [-0.05, 0) is 36.0 Å². The molecule has 0 aliphatic rings. The van der Waals surface area contributed by atoms with Gasteiger partial charge in [-0.1, -0.05) is 32.9 Å². The van der Waals surface area contributed by atoms with Crippen LogP contribution in [-0.2, 0) is 10.2 Å². The molecule has 0 fully saturated rings. The summed E-state index contributed by atoms with van der Waals surface area (Å²) in [6.45, 7) is 10.5. The molecule has 1 aromatic carbocycles. The van der Waals surface area contributed by atoms with Crippen molar-refractivity contribution >= 4 is 11.7 Å². The lowest BCUT2D eigenvalue weighted by atomic mass is 9.85. The number of hydrogen-bond donors (Lipinski definition) is 2. The topological polar surface area (TPSA) is 49.3 Å². The van der Waals surface area contributed by atoms with Crippen LogP contribution in [0.5, 0.6) is 0 Å². The average Bonchev–Trinajstić information content (AvgIpc) is 2.14. The van der Waals surface area contributed by atoms with Crippen molar-refractivity contribution in [3.05, 3.63) is 28.8 Å². The molecule has 0 saturated carbocycles. The largest absolute Gasteiger partial charge is 0.480 e. The van der Waals surface area contributed by atoms with Gasteiger partial charge in [0.1, 0.15) is 6.54 Å². The number of aliphatic carboxylic acids is 1. The summed E-state index contributed by atoms with van der Waals surface area (Å²) < 4.78 is 0. The standard InChI is InChI=1S/C14H21NO2/c1-9-6-11(14(3,4)5)7-10(2)13(9)15-8-12(16)17/h6-7,15H,8H2,1-5H3,(H,16,17). The van der Waals surface area contributed by atoms with Crippen molar-refractivity contribution < 1.29 is 9.90 Å². The highest BCUT2D eigenvalue weighted by Crippen LogP contribution is 2.29. The van der Waals surface area contributed by atoms with Crippen LogP contribution >= 0.6 is 0 Å². The fraction of sp³-hybridized carbons (Fsp3) is 0.500. The van der Waals surface area contributed by atoms with E-state index in [0.29, 0.717) is 0 Å². The van der Waals surface area contributed by atoms with Crippen LogP contribution in [0.15, 0.2) is 12.1 Å². The lowest BCUT2D eigenvalue weighted by Gasteiger charge is -2.22. The zero-order valence-electron chi connectivity index (χ0n) is 11.2. The summed E-state index contributed by atoms with van der Waals surface area (Å²) in [4.78, 5) is 10.6. The number of carboxylic acid groups (broad SMARTS) is 1. The monoisotopic (exact) mass is 235 g/mol. The van der Waals surface area contributed by atoms with Crippen LogP contribution in [0.25, 0.3) is 0 Å². The van der Waals surface area contributed by atoms with Gasteiger partial charge in [-0.15, -0.1) is 0 Å². The molecule has 0 unspecified atom stereocenters. The number of aryl methyl sites for hydroxylation is 2. The highest BCUT2D eigenvalue weighted by atomic mass is 16.4. The summed E-state index contributed by atoms with van der Waals surface area (Å²) in [6.07, 6.45) is 0. The molecule has 0 radical (unpaired) electrons. The second-order valence-corrected chi connectivity index (χ2v) is 5.48. The summed E-state index contributed by atoms with van der Waals surface area (Å²) in [7, 11) is 0. The number of hydrogen-bond acceptors (Lipinski definition) is 2. The number of rotatable bonds is 3. The van der Waals surface area contributed by atoms with Gasteiger partial charge >= 0.3 is 5.97 Å². The van der Waals surface area contributed by atoms with Crippen molar-refractivity contribution in [2.45, 2.75) is 40.0 Å². The Morgan fingerprint density at radius 1 is 1.24 bits per heavy atom. The fourth-order valence-electron chi connectivity index (χ4n) is 1.84. The van der Waals surface area contributed by atoms with Crippen LogP contribution in [0.2, 0.25) is 0 Å². The van der Waals surface area contributed by atoms with Crippen LogP contribution in [0.3, 0.4) is 0 Å². The maximum atomic E-state index is 10.6. The van der Waals surface area contributed by atoms with Gasteiger partial charge in [-0.3, -0.25) is 4.79 Å². The normalized spacial score (nSPS) is 11.4. The third-order valence-corrected chi connectivity index (χ3v) is 2.82. The molecule has 2 N–H and O–H groups in total. The Hall–Kier alpha value is -1.51. The summed E-state index contributed by atoms with van der Waals surface area (Å²) in [5.41, 5.74) is 4.50. The second-order valence-electron chi connectivity index (χ2n) is 5.48. The van der Waals surface area contributed by atoms with E-state index in [1.165, 1.54) is 5.56 Å². The van der Waals surface area contributed by atoms with E-state index >= 15 is 0 Å². The van der Waals surface area contributed by atoms with Crippen molar-refractivity contribution in [3.8, 4) is 0 Å². The van der Waals surface area contributed by atoms with Crippen molar-refractivity contribution in [3.63, 3.8) is 0 Å². The molecule has 3 nitrogen and oxygen atoms in total. The van der Waals surface area contributed by atoms with Gasteiger partial charge in [0, 0.05) is 5.69 Å². The predicted molar refractivity (Wildman–Crippen MR) is 70.7 cm³/mol. The molecule has 0 amide bonds. The van der Waals surface area contributed by atoms with E-state index in [-0.39, 0.29) is 12.0 Å². The van der Waals surface area contributed by atoms with E-state index in [1.54, 1.807) is 0 Å². The number of carbonyl (C=O) groups is 1. The number of nitrogens with one attached hydrogen (secondary N) is 1. The van der Waals surface area contributed by atoms with E-state index in [0.717, 1.165) is 16.8 Å². The van der Waals surface area contributed by atoms with Crippen molar-refractivity contribution in [1.29, 1.82) is 0 Å². The molecular formula is C14H21NO2. The smallest absolute Gasteiger partial charge is 0.322 e. The van der Waals surface area contributed by atoms with E-state index in [4.69, 9.17) is 5.11 Å². The second kappa shape index (κ2) is 4.78. The average molecular weight is 235 g/mol. The Balaban J connectivity index is 3.07. The minimum Gasteiger partial charge on any atom is -0.480 e. The van der Waals surface area contributed by atoms with Crippen LogP contribution < -0.4 is 5.32 Å². The maximum absolute atomic E-state index is 10.6. The van der Waals surface area contributed by atoms with Gasteiger partial charge in [0.15, 0.2) is 0 Å². The minimum atomic E-state index is -0.844. The molecule has 94 valence electrons. The molecule has 0 aliphatic carbocycles. The van der Waals surface area contributed by atoms with Gasteiger partial charge in [0.25, 0.3) is 0 Å². The summed E-state index contributed by atoms with van der Waals surface area (Å²) in [5, 5.41) is 11.6. The van der Waals surface area contributed by atoms with Gasteiger partial charge < -0.3 is 10.4 Å². The van der Waals surface area contributed by atoms with E-state index in [1.807, 2.05) is 13.8 Å². The Morgan fingerprint density at radius 3 is 2.06 bits per heavy atom. The Bertz CT molecular complexity index is 407. The summed E-state index contributed by atoms with van der Waals surface area (Å²) in [5.74, 6) is -0.844. The molecule has 1 aromatic rings. The van der Waals surface area contributed by atoms with Crippen LogP contribution in [0.4, 0.5) is 5.69 Å². The molecule has 0 bridgehead atoms. The quantitative estimate of drug-likeness (QED) is 0.846. The molecule has 0 atom stereocenters. The summed E-state index contributed by atoms with van der Waals surface area (Å²) >= 11 is 0. The lowest BCUT2D eigenvalue weighted by molar-refractivity contribution is -0.134. The van der Waals surface area contributed by atoms with Crippen LogP contribution in [0.1, 0.15) is 37.5 Å². The molecule has 0 aliphatic heterocycles. The SMILES string of the molecule is Cc1cc(C(C)(C)C)cc(C)c1NCC(=O)O. The van der Waals surface area contributed by atoms with Gasteiger partial charge in [-0.25, -0.2) is 0 Å². The Morgan fingerprint density at radius 2 is 1.71 bits per heavy atom. The van der Waals surface area contributed by atoms with E-state index in [2.05, 4.69) is 38.2 Å². The molecule has 0 spiro atoms. The molecular weight excluding hydrogens is 214 g/mol. The van der Waals surface area contributed by atoms with Crippen LogP contribution in [0, 0.1) is 13.8 Å². The first-order valence-corrected chi connectivity index (χ1v) is 5.79. The third-order valence-electron chi connectivity index (χ3n) is 2.82. The van der Waals surface area contributed by atoms with Gasteiger partial charge in [-0.2, -0.15) is 0 Å². The van der Waals surface area contributed by atoms with Crippen molar-refractivity contribution in [1.82, 2.24) is 0 Å². The van der Waals surface area contributed by atoms with Crippen LogP contribution in [-0.4, -0.2) is 17.6 Å². The highest BCUT2D eigenvalue weighted by Gasteiger charge is 2.16. The molecule has 0 saturated heterocycles. The molecule has 3 heteroatoms. The molecule has 0 aromatic heterocycles. The van der Waals surface area contributed by atoms with E-state index < -0.39 is 5.97 Å². The van der Waals surface area contributed by atoms with E-state index in [9.17, 15) is 4.79 Å². The third kappa shape index (κ3) is 3.48. The first kappa shape index (κ1) is 13.6. The van der Waals surface area contributed by atoms with Crippen molar-refractivity contribution in [2.75, 3.05) is 11.9 Å². The Kier molecular flexibility index (Phi) is 3.81. The highest BCUT2D eigenvalue weighted by molar-refractivity contribution is 5.74. The molecule has 1 rings (SSSR count). The number of benzene rings is 1. The zero-order valence-corrected chi connectivity index (χ0v) is 11.2. The predicted octanol–water partition coefficient (Wildman–Crippen LogP) is 3.10. The number of anilines is 1. The van der Waals surface area contributed by atoms with Gasteiger partial charge in [0.05, 0.1) is 0 Å². The summed E-state index contributed by atoms with van der Waals surface area (Å²) in [6, 6.07) is 4.24. The fourth-order valence-corrected chi connectivity index (χ4v) is 1.84. The number of carboxylic acids is 1. The first-order chi connectivity index (χ1) is 7.71. The lowest BCUT2D eigenvalue weighted by Crippen LogP contribution is -2.16. The van der Waals surface area contributed by atoms with Crippen molar-refractivity contribution in [2.24, 2.45) is 0 Å². The minimum absolute atomic E-state index is 0.0451. The zero-order chi connectivity index (χ0) is 13.2. The first-order valence-electron chi connectivity index (χ1n) is 5.79. The maximum Gasteiger partial charge on any atom is 0.322 e. The molecule has 17 heavy (non-hydrogen) atoms.